The second-order valence-corrected chi connectivity index (χ2v) is 7.09. The lowest BCUT2D eigenvalue weighted by Gasteiger charge is -2.14. The Morgan fingerprint density at radius 2 is 2.04 bits per heavy atom. The third kappa shape index (κ3) is 5.08. The Hall–Kier alpha value is -1.33. The van der Waals surface area contributed by atoms with Crippen molar-refractivity contribution in [3.8, 4) is 5.75 Å². The van der Waals surface area contributed by atoms with Crippen LogP contribution in [-0.2, 0) is 11.3 Å². The standard InChI is InChI=1S/C19H19Cl2NO2S/c20-16-6-2-1-4-14(16)12-24-18-8-7-13(10-17(18)21)19(25)22-11-15-5-3-9-23-15/h1-2,4,6-8,10,15H,3,5,9,11-12H2,(H,22,25)/t15-/m1/s1. The summed E-state index contributed by atoms with van der Waals surface area (Å²) in [5, 5.41) is 4.44. The van der Waals surface area contributed by atoms with Crippen LogP contribution in [-0.4, -0.2) is 24.2 Å². The highest BCUT2D eigenvalue weighted by Crippen LogP contribution is 2.27. The predicted molar refractivity (Wildman–Crippen MR) is 106 cm³/mol. The minimum absolute atomic E-state index is 0.242. The maximum absolute atomic E-state index is 6.34. The molecule has 0 unspecified atom stereocenters. The number of ether oxygens (including phenoxy) is 2. The van der Waals surface area contributed by atoms with E-state index in [9.17, 15) is 0 Å². The monoisotopic (exact) mass is 395 g/mol. The van der Waals surface area contributed by atoms with Gasteiger partial charge in [0.2, 0.25) is 0 Å². The van der Waals surface area contributed by atoms with Crippen molar-refractivity contribution in [3.05, 3.63) is 63.6 Å². The van der Waals surface area contributed by atoms with Crippen LogP contribution < -0.4 is 10.1 Å². The predicted octanol–water partition coefficient (Wildman–Crippen LogP) is 5.02. The van der Waals surface area contributed by atoms with Crippen LogP contribution in [0.2, 0.25) is 10.0 Å². The number of thiocarbonyl (C=S) groups is 1. The van der Waals surface area contributed by atoms with Crippen molar-refractivity contribution in [3.63, 3.8) is 0 Å². The number of rotatable bonds is 6. The molecule has 1 fully saturated rings. The van der Waals surface area contributed by atoms with Crippen molar-refractivity contribution in [1.29, 1.82) is 0 Å². The Balaban J connectivity index is 1.58. The van der Waals surface area contributed by atoms with Crippen molar-refractivity contribution in [2.45, 2.75) is 25.6 Å². The van der Waals surface area contributed by atoms with Gasteiger partial charge in [0, 0.05) is 29.3 Å². The normalized spacial score (nSPS) is 16.6. The fraction of sp³-hybridized carbons (Fsp3) is 0.316. The van der Waals surface area contributed by atoms with Gasteiger partial charge in [0.25, 0.3) is 0 Å². The molecular formula is C19H19Cl2NO2S. The third-order valence-corrected chi connectivity index (χ3v) is 5.09. The number of hydrogen-bond acceptors (Lipinski definition) is 3. The first-order valence-electron chi connectivity index (χ1n) is 8.19. The van der Waals surface area contributed by atoms with E-state index in [-0.39, 0.29) is 6.10 Å². The fourth-order valence-corrected chi connectivity index (χ4v) is 3.28. The van der Waals surface area contributed by atoms with Crippen molar-refractivity contribution in [2.75, 3.05) is 13.2 Å². The summed E-state index contributed by atoms with van der Waals surface area (Å²) in [5.41, 5.74) is 1.78. The van der Waals surface area contributed by atoms with Crippen LogP contribution in [0.25, 0.3) is 0 Å². The maximum atomic E-state index is 6.34. The van der Waals surface area contributed by atoms with Gasteiger partial charge in [-0.15, -0.1) is 0 Å². The van der Waals surface area contributed by atoms with E-state index in [0.717, 1.165) is 37.1 Å². The minimum Gasteiger partial charge on any atom is -0.487 e. The van der Waals surface area contributed by atoms with Crippen LogP contribution in [0.15, 0.2) is 42.5 Å². The van der Waals surface area contributed by atoms with Crippen molar-refractivity contribution in [2.24, 2.45) is 0 Å². The molecular weight excluding hydrogens is 377 g/mol. The lowest BCUT2D eigenvalue weighted by molar-refractivity contribution is 0.114. The van der Waals surface area contributed by atoms with E-state index in [1.54, 1.807) is 0 Å². The minimum atomic E-state index is 0.242. The van der Waals surface area contributed by atoms with E-state index >= 15 is 0 Å². The topological polar surface area (TPSA) is 30.5 Å². The number of nitrogens with one attached hydrogen (secondary N) is 1. The molecule has 2 aromatic rings. The first-order chi connectivity index (χ1) is 12.1. The summed E-state index contributed by atoms with van der Waals surface area (Å²) in [7, 11) is 0. The molecule has 0 amide bonds. The first-order valence-corrected chi connectivity index (χ1v) is 9.35. The second kappa shape index (κ2) is 8.86. The summed E-state index contributed by atoms with van der Waals surface area (Å²) >= 11 is 17.9. The van der Waals surface area contributed by atoms with E-state index in [1.165, 1.54) is 0 Å². The Kier molecular flexibility index (Phi) is 6.54. The van der Waals surface area contributed by atoms with Gasteiger partial charge in [-0.1, -0.05) is 53.6 Å². The SMILES string of the molecule is S=C(NC[C@H]1CCCO1)c1ccc(OCc2ccccc2Cl)c(Cl)c1. The van der Waals surface area contributed by atoms with Crippen LogP contribution in [0.1, 0.15) is 24.0 Å². The van der Waals surface area contributed by atoms with Gasteiger partial charge in [-0.2, -0.15) is 0 Å². The van der Waals surface area contributed by atoms with Crippen LogP contribution in [0.5, 0.6) is 5.75 Å². The number of halogens is 2. The molecule has 1 atom stereocenters. The highest BCUT2D eigenvalue weighted by atomic mass is 35.5. The van der Waals surface area contributed by atoms with Gasteiger partial charge in [0.15, 0.2) is 0 Å². The summed E-state index contributed by atoms with van der Waals surface area (Å²) in [6, 6.07) is 13.1. The van der Waals surface area contributed by atoms with Gasteiger partial charge >= 0.3 is 0 Å². The molecule has 0 aromatic heterocycles. The summed E-state index contributed by atoms with van der Waals surface area (Å²) in [6.45, 7) is 1.92. The molecule has 1 aliphatic rings. The molecule has 0 spiro atoms. The molecule has 2 aromatic carbocycles. The van der Waals surface area contributed by atoms with E-state index in [4.69, 9.17) is 44.9 Å². The van der Waals surface area contributed by atoms with Crippen molar-refractivity contribution >= 4 is 40.4 Å². The van der Waals surface area contributed by atoms with Crippen molar-refractivity contribution < 1.29 is 9.47 Å². The second-order valence-electron chi connectivity index (χ2n) is 5.87. The van der Waals surface area contributed by atoms with Gasteiger partial charge in [-0.3, -0.25) is 0 Å². The third-order valence-electron chi connectivity index (χ3n) is 4.05. The average molecular weight is 396 g/mol. The number of hydrogen-bond donors (Lipinski definition) is 1. The van der Waals surface area contributed by atoms with Gasteiger partial charge in [0.1, 0.15) is 17.3 Å². The van der Waals surface area contributed by atoms with E-state index < -0.39 is 0 Å². The molecule has 1 aliphatic heterocycles. The Labute approximate surface area is 163 Å². The zero-order valence-electron chi connectivity index (χ0n) is 13.6. The molecule has 0 radical (unpaired) electrons. The van der Waals surface area contributed by atoms with Crippen LogP contribution in [0.3, 0.4) is 0 Å². The van der Waals surface area contributed by atoms with Crippen LogP contribution >= 0.6 is 35.4 Å². The molecule has 1 heterocycles. The molecule has 6 heteroatoms. The molecule has 3 rings (SSSR count). The summed E-state index contributed by atoms with van der Waals surface area (Å²) in [5.74, 6) is 0.604. The first kappa shape index (κ1) is 18.5. The highest BCUT2D eigenvalue weighted by molar-refractivity contribution is 7.80. The molecule has 1 saturated heterocycles. The zero-order valence-corrected chi connectivity index (χ0v) is 16.0. The quantitative estimate of drug-likeness (QED) is 0.695. The molecule has 0 bridgehead atoms. The van der Waals surface area contributed by atoms with Gasteiger partial charge in [-0.05, 0) is 37.1 Å². The number of benzene rings is 2. The lowest BCUT2D eigenvalue weighted by atomic mass is 10.2. The summed E-state index contributed by atoms with van der Waals surface area (Å²) < 4.78 is 11.4. The van der Waals surface area contributed by atoms with E-state index in [2.05, 4.69) is 5.32 Å². The van der Waals surface area contributed by atoms with E-state index in [0.29, 0.717) is 27.4 Å². The van der Waals surface area contributed by atoms with Crippen LogP contribution in [0, 0.1) is 0 Å². The fourth-order valence-electron chi connectivity index (χ4n) is 2.64. The molecule has 0 saturated carbocycles. The average Bonchev–Trinajstić information content (AvgIpc) is 3.13. The Morgan fingerprint density at radius 1 is 1.20 bits per heavy atom. The highest BCUT2D eigenvalue weighted by Gasteiger charge is 2.16. The van der Waals surface area contributed by atoms with Crippen molar-refractivity contribution in [1.82, 2.24) is 5.32 Å². The molecule has 1 N–H and O–H groups in total. The molecule has 3 nitrogen and oxygen atoms in total. The molecule has 25 heavy (non-hydrogen) atoms. The Bertz CT molecular complexity index is 748. The Morgan fingerprint density at radius 3 is 2.76 bits per heavy atom. The molecule has 132 valence electrons. The van der Waals surface area contributed by atoms with Gasteiger partial charge < -0.3 is 14.8 Å². The molecule has 0 aliphatic carbocycles. The summed E-state index contributed by atoms with van der Waals surface area (Å²) in [6.07, 6.45) is 2.43. The lowest BCUT2D eigenvalue weighted by Crippen LogP contribution is -2.31. The van der Waals surface area contributed by atoms with E-state index in [1.807, 2.05) is 42.5 Å². The van der Waals surface area contributed by atoms with Gasteiger partial charge in [0.05, 0.1) is 11.1 Å². The smallest absolute Gasteiger partial charge is 0.138 e. The zero-order chi connectivity index (χ0) is 17.6. The largest absolute Gasteiger partial charge is 0.487 e. The maximum Gasteiger partial charge on any atom is 0.138 e. The van der Waals surface area contributed by atoms with Crippen LogP contribution in [0.4, 0.5) is 0 Å². The van der Waals surface area contributed by atoms with Gasteiger partial charge in [-0.25, -0.2) is 0 Å². The summed E-state index contributed by atoms with van der Waals surface area (Å²) in [4.78, 5) is 0.662.